The number of rotatable bonds is 4. The maximum absolute atomic E-state index is 14.6. The van der Waals surface area contributed by atoms with Crippen LogP contribution in [-0.2, 0) is 9.47 Å². The van der Waals surface area contributed by atoms with Crippen molar-refractivity contribution in [3.63, 3.8) is 0 Å². The van der Waals surface area contributed by atoms with Crippen LogP contribution in [0.5, 0.6) is 0 Å². The Bertz CT molecular complexity index is 670. The van der Waals surface area contributed by atoms with Crippen LogP contribution < -0.4 is 9.80 Å². The van der Waals surface area contributed by atoms with E-state index < -0.39 is 23.8 Å². The Morgan fingerprint density at radius 2 is 1.77 bits per heavy atom. The number of cyclic esters (lactones) is 1. The van der Waals surface area contributed by atoms with Gasteiger partial charge >= 0.3 is 6.09 Å². The summed E-state index contributed by atoms with van der Waals surface area (Å²) < 4.78 is 39.4. The van der Waals surface area contributed by atoms with Gasteiger partial charge in [-0.05, 0) is 0 Å². The van der Waals surface area contributed by atoms with E-state index in [-0.39, 0.29) is 24.5 Å². The van der Waals surface area contributed by atoms with Gasteiger partial charge in [0.1, 0.15) is 11.8 Å². The maximum atomic E-state index is 14.6. The van der Waals surface area contributed by atoms with Gasteiger partial charge in [-0.3, -0.25) is 9.80 Å². The number of ether oxygens (including phenoxy) is 2. The minimum absolute atomic E-state index is 0.0652. The SMILES string of the molecule is O=C1OC(CO)CN1c1cc(F)c(N2CCN(C3COC3)CC2)c(F)c1. The number of anilines is 2. The van der Waals surface area contributed by atoms with Crippen molar-refractivity contribution < 1.29 is 28.2 Å². The van der Waals surface area contributed by atoms with Crippen molar-refractivity contribution in [1.29, 1.82) is 0 Å². The van der Waals surface area contributed by atoms with Crippen molar-refractivity contribution in [3.8, 4) is 0 Å². The summed E-state index contributed by atoms with van der Waals surface area (Å²) in [4.78, 5) is 16.9. The van der Waals surface area contributed by atoms with Gasteiger partial charge in [0, 0.05) is 38.3 Å². The molecule has 3 aliphatic heterocycles. The number of halogens is 2. The summed E-state index contributed by atoms with van der Waals surface area (Å²) in [5.41, 5.74) is 0.0273. The van der Waals surface area contributed by atoms with Crippen molar-refractivity contribution in [2.45, 2.75) is 12.1 Å². The highest BCUT2D eigenvalue weighted by Gasteiger charge is 2.34. The number of benzene rings is 1. The topological polar surface area (TPSA) is 65.5 Å². The summed E-state index contributed by atoms with van der Waals surface area (Å²) >= 11 is 0. The standard InChI is InChI=1S/C17H21F2N3O4/c18-14-5-11(22-7-13(8-23)26-17(22)24)6-15(19)16(14)21-3-1-20(2-4-21)12-9-25-10-12/h5-6,12-13,23H,1-4,7-10H2. The van der Waals surface area contributed by atoms with Crippen LogP contribution in [0.1, 0.15) is 0 Å². The molecule has 142 valence electrons. The number of hydrogen-bond acceptors (Lipinski definition) is 6. The molecule has 0 bridgehead atoms. The van der Waals surface area contributed by atoms with Crippen molar-refractivity contribution in [1.82, 2.24) is 4.90 Å². The Kier molecular flexibility index (Phi) is 4.68. The molecule has 0 aliphatic carbocycles. The number of piperazine rings is 1. The molecule has 1 atom stereocenters. The Labute approximate surface area is 149 Å². The van der Waals surface area contributed by atoms with Gasteiger partial charge in [-0.1, -0.05) is 0 Å². The van der Waals surface area contributed by atoms with Gasteiger partial charge in [0.25, 0.3) is 0 Å². The highest BCUT2D eigenvalue weighted by Crippen LogP contribution is 2.31. The molecule has 3 aliphatic rings. The molecule has 1 amide bonds. The summed E-state index contributed by atoms with van der Waals surface area (Å²) in [7, 11) is 0. The maximum Gasteiger partial charge on any atom is 0.414 e. The predicted octanol–water partition coefficient (Wildman–Crippen LogP) is 0.803. The second kappa shape index (κ2) is 6.98. The van der Waals surface area contributed by atoms with Crippen LogP contribution in [-0.4, -0.2) is 80.8 Å². The van der Waals surface area contributed by atoms with E-state index in [1.807, 2.05) is 0 Å². The average molecular weight is 369 g/mol. The van der Waals surface area contributed by atoms with E-state index in [0.29, 0.717) is 19.1 Å². The molecule has 3 fully saturated rings. The third-order valence-electron chi connectivity index (χ3n) is 5.16. The van der Waals surface area contributed by atoms with Crippen LogP contribution >= 0.6 is 0 Å². The van der Waals surface area contributed by atoms with Crippen LogP contribution in [0.25, 0.3) is 0 Å². The minimum atomic E-state index is -0.716. The van der Waals surface area contributed by atoms with E-state index >= 15 is 0 Å². The summed E-state index contributed by atoms with van der Waals surface area (Å²) in [5.74, 6) is -1.42. The fraction of sp³-hybridized carbons (Fsp3) is 0.588. The highest BCUT2D eigenvalue weighted by molar-refractivity contribution is 5.90. The number of hydrogen-bond donors (Lipinski definition) is 1. The smallest absolute Gasteiger partial charge is 0.414 e. The van der Waals surface area contributed by atoms with E-state index in [4.69, 9.17) is 14.6 Å². The Morgan fingerprint density at radius 3 is 2.27 bits per heavy atom. The van der Waals surface area contributed by atoms with Crippen molar-refractivity contribution >= 4 is 17.5 Å². The van der Waals surface area contributed by atoms with E-state index in [0.717, 1.165) is 43.3 Å². The van der Waals surface area contributed by atoms with Gasteiger partial charge in [-0.2, -0.15) is 0 Å². The quantitative estimate of drug-likeness (QED) is 0.847. The lowest BCUT2D eigenvalue weighted by Crippen LogP contribution is -2.56. The third kappa shape index (κ3) is 3.10. The van der Waals surface area contributed by atoms with Crippen LogP contribution in [0.15, 0.2) is 12.1 Å². The first-order valence-electron chi connectivity index (χ1n) is 8.71. The van der Waals surface area contributed by atoms with Crippen molar-refractivity contribution in [2.75, 3.05) is 62.3 Å². The number of aliphatic hydroxyl groups excluding tert-OH is 1. The second-order valence-electron chi connectivity index (χ2n) is 6.77. The molecule has 7 nitrogen and oxygen atoms in total. The lowest BCUT2D eigenvalue weighted by Gasteiger charge is -2.43. The van der Waals surface area contributed by atoms with Crippen molar-refractivity contribution in [2.24, 2.45) is 0 Å². The summed E-state index contributed by atoms with van der Waals surface area (Å²) in [5, 5.41) is 9.08. The summed E-state index contributed by atoms with van der Waals surface area (Å²) in [6.45, 7) is 3.69. The lowest BCUT2D eigenvalue weighted by atomic mass is 10.1. The monoisotopic (exact) mass is 369 g/mol. The molecule has 1 N–H and O–H groups in total. The molecule has 26 heavy (non-hydrogen) atoms. The van der Waals surface area contributed by atoms with Crippen molar-refractivity contribution in [3.05, 3.63) is 23.8 Å². The normalized spacial score (nSPS) is 24.7. The minimum Gasteiger partial charge on any atom is -0.441 e. The Balaban J connectivity index is 1.49. The Morgan fingerprint density at radius 1 is 1.12 bits per heavy atom. The number of nitrogens with zero attached hydrogens (tertiary/aromatic N) is 3. The number of aliphatic hydroxyl groups is 1. The average Bonchev–Trinajstić information content (AvgIpc) is 2.95. The van der Waals surface area contributed by atoms with Gasteiger partial charge in [0.2, 0.25) is 0 Å². The predicted molar refractivity (Wildman–Crippen MR) is 89.5 cm³/mol. The molecule has 1 aromatic carbocycles. The van der Waals surface area contributed by atoms with Gasteiger partial charge in [0.05, 0.1) is 38.1 Å². The van der Waals surface area contributed by atoms with Crippen LogP contribution in [0, 0.1) is 11.6 Å². The third-order valence-corrected chi connectivity index (χ3v) is 5.16. The van der Waals surface area contributed by atoms with E-state index in [9.17, 15) is 13.6 Å². The first-order valence-corrected chi connectivity index (χ1v) is 8.71. The summed E-state index contributed by atoms with van der Waals surface area (Å²) in [6, 6.07) is 2.70. The molecule has 4 rings (SSSR count). The first-order chi connectivity index (χ1) is 12.6. The Hall–Kier alpha value is -1.97. The van der Waals surface area contributed by atoms with Gasteiger partial charge < -0.3 is 19.5 Å². The number of carbonyl (C=O) groups is 1. The largest absolute Gasteiger partial charge is 0.441 e. The number of amides is 1. The van der Waals surface area contributed by atoms with Crippen LogP contribution in [0.2, 0.25) is 0 Å². The van der Waals surface area contributed by atoms with E-state index in [1.54, 1.807) is 4.90 Å². The van der Waals surface area contributed by atoms with Crippen LogP contribution in [0.4, 0.5) is 25.0 Å². The lowest BCUT2D eigenvalue weighted by molar-refractivity contribution is -0.0661. The molecule has 9 heteroatoms. The molecule has 0 spiro atoms. The van der Waals surface area contributed by atoms with E-state index in [1.165, 1.54) is 0 Å². The molecule has 1 unspecified atom stereocenters. The molecule has 1 aromatic rings. The number of carbonyl (C=O) groups excluding carboxylic acids is 1. The zero-order chi connectivity index (χ0) is 18.3. The molecular weight excluding hydrogens is 348 g/mol. The molecule has 3 saturated heterocycles. The van der Waals surface area contributed by atoms with Gasteiger partial charge in [-0.15, -0.1) is 0 Å². The second-order valence-corrected chi connectivity index (χ2v) is 6.77. The van der Waals surface area contributed by atoms with Gasteiger partial charge in [-0.25, -0.2) is 13.6 Å². The molecule has 3 heterocycles. The molecular formula is C17H21F2N3O4. The summed E-state index contributed by atoms with van der Waals surface area (Å²) in [6.07, 6.45) is -1.40. The fourth-order valence-electron chi connectivity index (χ4n) is 3.58. The first kappa shape index (κ1) is 17.4. The zero-order valence-corrected chi connectivity index (χ0v) is 14.2. The van der Waals surface area contributed by atoms with Gasteiger partial charge in [0.15, 0.2) is 11.6 Å². The molecule has 0 aromatic heterocycles. The molecule has 0 radical (unpaired) electrons. The fourth-order valence-corrected chi connectivity index (χ4v) is 3.58. The zero-order valence-electron chi connectivity index (χ0n) is 14.2. The highest BCUT2D eigenvalue weighted by atomic mass is 19.1. The van der Waals surface area contributed by atoms with E-state index in [2.05, 4.69) is 4.90 Å². The van der Waals surface area contributed by atoms with Crippen LogP contribution in [0.3, 0.4) is 0 Å². The molecule has 0 saturated carbocycles.